The van der Waals surface area contributed by atoms with E-state index in [1.807, 2.05) is 13.0 Å². The van der Waals surface area contributed by atoms with Gasteiger partial charge in [0, 0.05) is 19.2 Å². The van der Waals surface area contributed by atoms with E-state index in [2.05, 4.69) is 17.1 Å². The molecule has 1 saturated heterocycles. The highest BCUT2D eigenvalue weighted by Crippen LogP contribution is 2.14. The van der Waals surface area contributed by atoms with Gasteiger partial charge in [-0.05, 0) is 33.2 Å². The van der Waals surface area contributed by atoms with E-state index in [-0.39, 0.29) is 0 Å². The average molecular weight is 224 g/mol. The molecule has 1 atom stereocenters. The first kappa shape index (κ1) is 11.6. The Kier molecular flexibility index (Phi) is 3.96. The first-order valence-corrected chi connectivity index (χ1v) is 5.96. The number of aromatic nitrogens is 1. The van der Waals surface area contributed by atoms with Crippen molar-refractivity contribution in [2.45, 2.75) is 38.8 Å². The van der Waals surface area contributed by atoms with Crippen molar-refractivity contribution in [2.24, 2.45) is 0 Å². The maximum absolute atomic E-state index is 5.70. The Hall–Kier alpha value is -0.870. The van der Waals surface area contributed by atoms with Crippen molar-refractivity contribution in [3.05, 3.63) is 17.5 Å². The molecule has 1 aliphatic rings. The van der Waals surface area contributed by atoms with Crippen LogP contribution in [0.4, 0.5) is 0 Å². The lowest BCUT2D eigenvalue weighted by Crippen LogP contribution is -2.32. The fourth-order valence-corrected chi connectivity index (χ4v) is 2.12. The van der Waals surface area contributed by atoms with E-state index in [1.165, 1.54) is 19.3 Å². The number of hydrogen-bond acceptors (Lipinski definition) is 4. The molecule has 0 amide bonds. The van der Waals surface area contributed by atoms with E-state index in [0.29, 0.717) is 6.10 Å². The maximum atomic E-state index is 5.70. The van der Waals surface area contributed by atoms with Gasteiger partial charge >= 0.3 is 0 Å². The lowest BCUT2D eigenvalue weighted by Gasteiger charge is -2.26. The average Bonchev–Trinajstić information content (AvgIpc) is 2.65. The van der Waals surface area contributed by atoms with Crippen LogP contribution in [-0.2, 0) is 11.3 Å². The summed E-state index contributed by atoms with van der Waals surface area (Å²) >= 11 is 0. The molecule has 1 aromatic rings. The van der Waals surface area contributed by atoms with Crippen LogP contribution in [0.25, 0.3) is 0 Å². The van der Waals surface area contributed by atoms with Crippen molar-refractivity contribution in [3.63, 3.8) is 0 Å². The molecular weight excluding hydrogens is 204 g/mol. The van der Waals surface area contributed by atoms with E-state index < -0.39 is 0 Å². The van der Waals surface area contributed by atoms with E-state index in [4.69, 9.17) is 9.26 Å². The fraction of sp³-hybridized carbons (Fsp3) is 0.750. The molecule has 90 valence electrons. The molecule has 1 aliphatic heterocycles. The second-order valence-corrected chi connectivity index (χ2v) is 4.62. The van der Waals surface area contributed by atoms with Gasteiger partial charge in [-0.25, -0.2) is 0 Å². The largest absolute Gasteiger partial charge is 0.377 e. The van der Waals surface area contributed by atoms with Crippen molar-refractivity contribution in [2.75, 3.05) is 20.2 Å². The van der Waals surface area contributed by atoms with Crippen molar-refractivity contribution < 1.29 is 9.26 Å². The Morgan fingerprint density at radius 1 is 1.50 bits per heavy atom. The Morgan fingerprint density at radius 3 is 3.00 bits per heavy atom. The molecule has 1 aromatic heterocycles. The summed E-state index contributed by atoms with van der Waals surface area (Å²) in [7, 11) is 2.09. The number of hydrogen-bond donors (Lipinski definition) is 0. The topological polar surface area (TPSA) is 38.5 Å². The molecule has 1 unspecified atom stereocenters. The van der Waals surface area contributed by atoms with Gasteiger partial charge in [-0.3, -0.25) is 4.90 Å². The predicted molar refractivity (Wildman–Crippen MR) is 61.2 cm³/mol. The summed E-state index contributed by atoms with van der Waals surface area (Å²) in [5.74, 6) is 0.927. The van der Waals surface area contributed by atoms with E-state index in [1.54, 1.807) is 0 Å². The minimum absolute atomic E-state index is 0.391. The van der Waals surface area contributed by atoms with Gasteiger partial charge in [-0.1, -0.05) is 5.16 Å². The van der Waals surface area contributed by atoms with Gasteiger partial charge in [0.1, 0.15) is 0 Å². The third kappa shape index (κ3) is 3.32. The summed E-state index contributed by atoms with van der Waals surface area (Å²) in [6.45, 7) is 4.64. The monoisotopic (exact) mass is 224 g/mol. The van der Waals surface area contributed by atoms with Crippen molar-refractivity contribution >= 4 is 0 Å². The zero-order chi connectivity index (χ0) is 11.4. The molecule has 0 radical (unpaired) electrons. The Bertz CT molecular complexity index is 319. The van der Waals surface area contributed by atoms with Gasteiger partial charge in [-0.15, -0.1) is 0 Å². The molecule has 0 N–H and O–H groups in total. The molecule has 0 aromatic carbocycles. The number of ether oxygens (including phenoxy) is 1. The molecule has 16 heavy (non-hydrogen) atoms. The predicted octanol–water partition coefficient (Wildman–Crippen LogP) is 1.98. The van der Waals surface area contributed by atoms with Crippen molar-refractivity contribution in [1.82, 2.24) is 10.1 Å². The lowest BCUT2D eigenvalue weighted by molar-refractivity contribution is -0.00360. The molecule has 4 nitrogen and oxygen atoms in total. The van der Waals surface area contributed by atoms with Gasteiger partial charge in [0.15, 0.2) is 5.76 Å². The van der Waals surface area contributed by atoms with Gasteiger partial charge in [0.05, 0.1) is 18.3 Å². The molecule has 1 fully saturated rings. The van der Waals surface area contributed by atoms with Gasteiger partial charge in [0.2, 0.25) is 0 Å². The zero-order valence-electron chi connectivity index (χ0n) is 10.1. The highest BCUT2D eigenvalue weighted by Gasteiger charge is 2.16. The van der Waals surface area contributed by atoms with Crippen LogP contribution >= 0.6 is 0 Å². The molecule has 0 aliphatic carbocycles. The van der Waals surface area contributed by atoms with Gasteiger partial charge in [-0.2, -0.15) is 0 Å². The Labute approximate surface area is 96.5 Å². The summed E-state index contributed by atoms with van der Waals surface area (Å²) in [6, 6.07) is 1.98. The molecule has 2 heterocycles. The fourth-order valence-electron chi connectivity index (χ4n) is 2.12. The van der Waals surface area contributed by atoms with Gasteiger partial charge < -0.3 is 9.26 Å². The van der Waals surface area contributed by atoms with Crippen molar-refractivity contribution in [1.29, 1.82) is 0 Å². The summed E-state index contributed by atoms with van der Waals surface area (Å²) in [5, 5.41) is 3.88. The third-order valence-corrected chi connectivity index (χ3v) is 2.89. The Balaban J connectivity index is 1.77. The second-order valence-electron chi connectivity index (χ2n) is 4.62. The molecule has 2 rings (SSSR count). The van der Waals surface area contributed by atoms with Crippen LogP contribution in [-0.4, -0.2) is 36.4 Å². The highest BCUT2D eigenvalue weighted by molar-refractivity contribution is 5.02. The smallest absolute Gasteiger partial charge is 0.150 e. The minimum Gasteiger partial charge on any atom is -0.377 e. The normalized spacial score (nSPS) is 21.6. The van der Waals surface area contributed by atoms with Crippen LogP contribution in [0, 0.1) is 6.92 Å². The zero-order valence-corrected chi connectivity index (χ0v) is 10.1. The number of likely N-dealkylation sites (N-methyl/N-ethyl adjacent to an activating group) is 1. The van der Waals surface area contributed by atoms with Crippen LogP contribution in [0.15, 0.2) is 10.6 Å². The molecule has 0 bridgehead atoms. The number of aryl methyl sites for hydroxylation is 1. The first-order valence-electron chi connectivity index (χ1n) is 5.96. The number of rotatable bonds is 4. The first-order chi connectivity index (χ1) is 7.74. The lowest BCUT2D eigenvalue weighted by atomic mass is 10.1. The second kappa shape index (κ2) is 5.46. The van der Waals surface area contributed by atoms with Crippen LogP contribution in [0.1, 0.15) is 30.7 Å². The minimum atomic E-state index is 0.391. The van der Waals surface area contributed by atoms with E-state index in [9.17, 15) is 0 Å². The molecule has 4 heteroatoms. The van der Waals surface area contributed by atoms with Gasteiger partial charge in [0.25, 0.3) is 0 Å². The van der Waals surface area contributed by atoms with Crippen molar-refractivity contribution in [3.8, 4) is 0 Å². The quantitative estimate of drug-likeness (QED) is 0.784. The molecule has 0 saturated carbocycles. The summed E-state index contributed by atoms with van der Waals surface area (Å²) < 4.78 is 10.9. The third-order valence-electron chi connectivity index (χ3n) is 2.89. The molecule has 0 spiro atoms. The van der Waals surface area contributed by atoms with E-state index in [0.717, 1.165) is 31.2 Å². The Morgan fingerprint density at radius 2 is 2.38 bits per heavy atom. The number of nitrogens with zero attached hydrogens (tertiary/aromatic N) is 2. The summed E-state index contributed by atoms with van der Waals surface area (Å²) in [4.78, 5) is 2.23. The van der Waals surface area contributed by atoms with Crippen LogP contribution in [0.3, 0.4) is 0 Å². The maximum Gasteiger partial charge on any atom is 0.150 e. The van der Waals surface area contributed by atoms with Crippen LogP contribution < -0.4 is 0 Å². The summed E-state index contributed by atoms with van der Waals surface area (Å²) in [6.07, 6.45) is 4.07. The highest BCUT2D eigenvalue weighted by atomic mass is 16.5. The van der Waals surface area contributed by atoms with E-state index >= 15 is 0 Å². The van der Waals surface area contributed by atoms with Crippen LogP contribution in [0.5, 0.6) is 0 Å². The SMILES string of the molecule is Cc1cc(CN(C)CC2CCCCO2)on1. The molecular formula is C12H20N2O2. The standard InChI is InChI=1S/C12H20N2O2/c1-10-7-12(16-13-10)9-14(2)8-11-5-3-4-6-15-11/h7,11H,3-6,8-9H2,1-2H3. The van der Waals surface area contributed by atoms with Crippen LogP contribution in [0.2, 0.25) is 0 Å². The summed E-state index contributed by atoms with van der Waals surface area (Å²) in [5.41, 5.74) is 0.942.